The molecule has 3 rings (SSSR count). The number of hydrogen-bond donors (Lipinski definition) is 1. The van der Waals surface area contributed by atoms with Gasteiger partial charge in [-0.1, -0.05) is 28.3 Å². The quantitative estimate of drug-likeness (QED) is 0.618. The lowest BCUT2D eigenvalue weighted by atomic mass is 10.4. The Morgan fingerprint density at radius 1 is 1.46 bits per heavy atom. The number of hydrogen-bond acceptors (Lipinski definition) is 8. The van der Waals surface area contributed by atoms with Crippen LogP contribution in [0, 0.1) is 6.92 Å². The van der Waals surface area contributed by atoms with E-state index < -0.39 is 0 Å². The fourth-order valence-corrected chi connectivity index (χ4v) is 4.19. The van der Waals surface area contributed by atoms with E-state index in [1.54, 1.807) is 24.8 Å². The van der Waals surface area contributed by atoms with Gasteiger partial charge in [-0.05, 0) is 26.7 Å². The van der Waals surface area contributed by atoms with Crippen molar-refractivity contribution in [3.05, 3.63) is 11.8 Å². The summed E-state index contributed by atoms with van der Waals surface area (Å²) in [4.78, 5) is 25.6. The van der Waals surface area contributed by atoms with Gasteiger partial charge in [-0.3, -0.25) is 14.5 Å². The van der Waals surface area contributed by atoms with E-state index in [9.17, 15) is 9.59 Å². The minimum absolute atomic E-state index is 0.0302. The van der Waals surface area contributed by atoms with Gasteiger partial charge >= 0.3 is 0 Å². The monoisotopic (exact) mass is 367 g/mol. The summed E-state index contributed by atoms with van der Waals surface area (Å²) in [5.74, 6) is 0.788. The number of rotatable bonds is 6. The molecule has 1 aliphatic carbocycles. The number of amides is 2. The van der Waals surface area contributed by atoms with Gasteiger partial charge in [0.2, 0.25) is 16.9 Å². The number of thioether (sulfide) groups is 1. The molecule has 1 unspecified atom stereocenters. The van der Waals surface area contributed by atoms with Gasteiger partial charge in [0.1, 0.15) is 5.76 Å². The van der Waals surface area contributed by atoms with E-state index in [0.29, 0.717) is 21.0 Å². The smallest absolute Gasteiger partial charge is 0.238 e. The molecule has 0 aromatic carbocycles. The van der Waals surface area contributed by atoms with Crippen molar-refractivity contribution < 1.29 is 14.1 Å². The van der Waals surface area contributed by atoms with Gasteiger partial charge in [0, 0.05) is 19.0 Å². The number of carbonyl (C=O) groups excluding carboxylic acids is 2. The highest BCUT2D eigenvalue weighted by Crippen LogP contribution is 2.36. The molecule has 0 bridgehead atoms. The second kappa shape index (κ2) is 6.89. The fourth-order valence-electron chi connectivity index (χ4n) is 2.09. The van der Waals surface area contributed by atoms with Crippen LogP contribution in [0.15, 0.2) is 14.9 Å². The first-order chi connectivity index (χ1) is 11.4. The third kappa shape index (κ3) is 3.93. The Balaban J connectivity index is 1.61. The standard InChI is InChI=1S/C14H17N5O3S2/c1-7-6-11(18-22-7)15-12(21)8(2)23-14-17-16-13(24-14)19(9(3)20)10-4-5-10/h6,8,10H,4-5H2,1-3H3,(H,15,18,21). The van der Waals surface area contributed by atoms with Gasteiger partial charge in [0.05, 0.1) is 5.25 Å². The molecular formula is C14H17N5O3S2. The minimum Gasteiger partial charge on any atom is -0.360 e. The lowest BCUT2D eigenvalue weighted by Crippen LogP contribution is -2.30. The van der Waals surface area contributed by atoms with E-state index in [1.165, 1.54) is 30.0 Å². The molecule has 2 amide bonds. The van der Waals surface area contributed by atoms with Crippen molar-refractivity contribution in [1.82, 2.24) is 15.4 Å². The van der Waals surface area contributed by atoms with Crippen LogP contribution in [0.25, 0.3) is 0 Å². The molecule has 2 heterocycles. The SMILES string of the molecule is CC(=O)N(c1nnc(SC(C)C(=O)Nc2cc(C)on2)s1)C1CC1. The highest BCUT2D eigenvalue weighted by atomic mass is 32.2. The van der Waals surface area contributed by atoms with Crippen LogP contribution >= 0.6 is 23.1 Å². The highest BCUT2D eigenvalue weighted by molar-refractivity contribution is 8.02. The van der Waals surface area contributed by atoms with Crippen molar-refractivity contribution in [2.45, 2.75) is 49.2 Å². The van der Waals surface area contributed by atoms with Crippen molar-refractivity contribution in [2.75, 3.05) is 10.2 Å². The van der Waals surface area contributed by atoms with Crippen LogP contribution in [0.5, 0.6) is 0 Å². The normalized spacial score (nSPS) is 15.1. The summed E-state index contributed by atoms with van der Waals surface area (Å²) in [6, 6.07) is 1.89. The summed E-state index contributed by atoms with van der Waals surface area (Å²) in [5, 5.41) is 14.8. The second-order valence-electron chi connectivity index (χ2n) is 5.54. The maximum Gasteiger partial charge on any atom is 0.238 e. The van der Waals surface area contributed by atoms with Crippen molar-refractivity contribution in [3.8, 4) is 0 Å². The molecular weight excluding hydrogens is 350 g/mol. The Labute approximate surface area is 147 Å². The summed E-state index contributed by atoms with van der Waals surface area (Å²) < 4.78 is 5.56. The van der Waals surface area contributed by atoms with Gasteiger partial charge in [0.15, 0.2) is 10.2 Å². The summed E-state index contributed by atoms with van der Waals surface area (Å²) in [7, 11) is 0. The molecule has 10 heteroatoms. The van der Waals surface area contributed by atoms with Crippen LogP contribution in [0.3, 0.4) is 0 Å². The summed E-state index contributed by atoms with van der Waals surface area (Å²) >= 11 is 2.62. The van der Waals surface area contributed by atoms with Gasteiger partial charge in [-0.15, -0.1) is 10.2 Å². The molecule has 1 N–H and O–H groups in total. The number of aryl methyl sites for hydroxylation is 1. The van der Waals surface area contributed by atoms with Crippen molar-refractivity contribution in [1.29, 1.82) is 0 Å². The molecule has 0 saturated heterocycles. The molecule has 0 spiro atoms. The van der Waals surface area contributed by atoms with Crippen molar-refractivity contribution >= 4 is 45.9 Å². The summed E-state index contributed by atoms with van der Waals surface area (Å²) in [6.07, 6.45) is 2.00. The average Bonchev–Trinajstić information content (AvgIpc) is 3.09. The van der Waals surface area contributed by atoms with Crippen molar-refractivity contribution in [2.24, 2.45) is 0 Å². The molecule has 2 aromatic rings. The fraction of sp³-hybridized carbons (Fsp3) is 0.500. The number of carbonyl (C=O) groups is 2. The lowest BCUT2D eigenvalue weighted by Gasteiger charge is -2.15. The van der Waals surface area contributed by atoms with Crippen LogP contribution in [0.1, 0.15) is 32.4 Å². The Morgan fingerprint density at radius 2 is 2.21 bits per heavy atom. The maximum atomic E-state index is 12.2. The van der Waals surface area contributed by atoms with Crippen LogP contribution < -0.4 is 10.2 Å². The van der Waals surface area contributed by atoms with E-state index in [1.807, 2.05) is 0 Å². The molecule has 1 fully saturated rings. The zero-order chi connectivity index (χ0) is 17.3. The maximum absolute atomic E-state index is 12.2. The first-order valence-electron chi connectivity index (χ1n) is 7.48. The molecule has 24 heavy (non-hydrogen) atoms. The van der Waals surface area contributed by atoms with E-state index in [0.717, 1.165) is 12.8 Å². The Bertz CT molecular complexity index is 755. The van der Waals surface area contributed by atoms with E-state index in [4.69, 9.17) is 4.52 Å². The average molecular weight is 367 g/mol. The molecule has 1 aliphatic rings. The van der Waals surface area contributed by atoms with E-state index in [2.05, 4.69) is 20.7 Å². The van der Waals surface area contributed by atoms with Crippen LogP contribution in [-0.2, 0) is 9.59 Å². The first-order valence-corrected chi connectivity index (χ1v) is 9.18. The third-order valence-corrected chi connectivity index (χ3v) is 5.49. The third-order valence-electron chi connectivity index (χ3n) is 3.38. The zero-order valence-electron chi connectivity index (χ0n) is 13.5. The van der Waals surface area contributed by atoms with Gasteiger partial charge in [0.25, 0.3) is 0 Å². The van der Waals surface area contributed by atoms with Gasteiger partial charge in [-0.25, -0.2) is 0 Å². The van der Waals surface area contributed by atoms with Crippen molar-refractivity contribution in [3.63, 3.8) is 0 Å². The predicted octanol–water partition coefficient (Wildman–Crippen LogP) is 2.47. The number of anilines is 2. The Morgan fingerprint density at radius 3 is 2.79 bits per heavy atom. The predicted molar refractivity (Wildman–Crippen MR) is 91.3 cm³/mol. The number of nitrogens with one attached hydrogen (secondary N) is 1. The molecule has 0 radical (unpaired) electrons. The van der Waals surface area contributed by atoms with Gasteiger partial charge < -0.3 is 9.84 Å². The highest BCUT2D eigenvalue weighted by Gasteiger charge is 2.34. The molecule has 2 aromatic heterocycles. The Kier molecular flexibility index (Phi) is 4.86. The minimum atomic E-state index is -0.380. The van der Waals surface area contributed by atoms with Crippen LogP contribution in [0.2, 0.25) is 0 Å². The molecule has 128 valence electrons. The van der Waals surface area contributed by atoms with Crippen LogP contribution in [-0.4, -0.2) is 38.5 Å². The topological polar surface area (TPSA) is 101 Å². The number of nitrogens with zero attached hydrogens (tertiary/aromatic N) is 4. The molecule has 1 saturated carbocycles. The summed E-state index contributed by atoms with van der Waals surface area (Å²) in [5.41, 5.74) is 0. The number of aromatic nitrogens is 3. The largest absolute Gasteiger partial charge is 0.360 e. The first kappa shape index (κ1) is 16.9. The lowest BCUT2D eigenvalue weighted by molar-refractivity contribution is -0.117. The zero-order valence-corrected chi connectivity index (χ0v) is 15.1. The second-order valence-corrected chi connectivity index (χ2v) is 8.09. The van der Waals surface area contributed by atoms with E-state index in [-0.39, 0.29) is 23.1 Å². The molecule has 8 nitrogen and oxygen atoms in total. The molecule has 1 atom stereocenters. The molecule has 0 aliphatic heterocycles. The van der Waals surface area contributed by atoms with E-state index >= 15 is 0 Å². The van der Waals surface area contributed by atoms with Crippen LogP contribution in [0.4, 0.5) is 10.9 Å². The van der Waals surface area contributed by atoms with Gasteiger partial charge in [-0.2, -0.15) is 0 Å². The Hall–Kier alpha value is -1.94. The summed E-state index contributed by atoms with van der Waals surface area (Å²) in [6.45, 7) is 5.06.